The van der Waals surface area contributed by atoms with Crippen molar-refractivity contribution in [2.45, 2.75) is 37.8 Å². The molecule has 14 heavy (non-hydrogen) atoms. The molecule has 2 unspecified atom stereocenters. The fourth-order valence-electron chi connectivity index (χ4n) is 1.92. The Balaban J connectivity index is 1.86. The second-order valence-electron chi connectivity index (χ2n) is 3.65. The zero-order valence-electron chi connectivity index (χ0n) is 8.27. The summed E-state index contributed by atoms with van der Waals surface area (Å²) in [5, 5.41) is 8.30. The van der Waals surface area contributed by atoms with Crippen LogP contribution in [0.2, 0.25) is 0 Å². The first-order valence-electron chi connectivity index (χ1n) is 4.95. The van der Waals surface area contributed by atoms with Gasteiger partial charge in [-0.1, -0.05) is 4.49 Å². The van der Waals surface area contributed by atoms with E-state index < -0.39 is 0 Å². The maximum Gasteiger partial charge on any atom is 0.130 e. The smallest absolute Gasteiger partial charge is 0.130 e. The Morgan fingerprint density at radius 3 is 3.21 bits per heavy atom. The van der Waals surface area contributed by atoms with E-state index >= 15 is 0 Å². The third kappa shape index (κ3) is 2.42. The Morgan fingerprint density at radius 1 is 1.57 bits per heavy atom. The molecule has 0 bridgehead atoms. The van der Waals surface area contributed by atoms with Gasteiger partial charge in [0.25, 0.3) is 0 Å². The molecule has 1 heterocycles. The Kier molecular flexibility index (Phi) is 3.31. The standard InChI is InChI=1S/C9H15N3OS/c1-13-8-4-2-3-7(5-8)11-9-6-10-12-14-9/h6-8,11H,2-5H2,1H3. The summed E-state index contributed by atoms with van der Waals surface area (Å²) in [7, 11) is 1.79. The van der Waals surface area contributed by atoms with Crippen molar-refractivity contribution in [3.63, 3.8) is 0 Å². The molecule has 78 valence electrons. The average Bonchev–Trinajstić information content (AvgIpc) is 2.71. The quantitative estimate of drug-likeness (QED) is 0.833. The lowest BCUT2D eigenvalue weighted by atomic mass is 9.93. The molecule has 2 rings (SSSR count). The second-order valence-corrected chi connectivity index (χ2v) is 4.43. The first-order valence-corrected chi connectivity index (χ1v) is 5.72. The third-order valence-electron chi connectivity index (χ3n) is 2.67. The molecule has 1 aromatic heterocycles. The molecule has 1 aromatic rings. The van der Waals surface area contributed by atoms with Crippen LogP contribution in [-0.4, -0.2) is 28.8 Å². The van der Waals surface area contributed by atoms with E-state index in [1.54, 1.807) is 13.3 Å². The van der Waals surface area contributed by atoms with Crippen molar-refractivity contribution in [2.75, 3.05) is 12.4 Å². The lowest BCUT2D eigenvalue weighted by Gasteiger charge is -2.28. The van der Waals surface area contributed by atoms with Gasteiger partial charge in [0.05, 0.1) is 12.3 Å². The minimum Gasteiger partial charge on any atom is -0.381 e. The largest absolute Gasteiger partial charge is 0.381 e. The van der Waals surface area contributed by atoms with Gasteiger partial charge >= 0.3 is 0 Å². The number of ether oxygens (including phenoxy) is 1. The van der Waals surface area contributed by atoms with E-state index in [4.69, 9.17) is 4.74 Å². The lowest BCUT2D eigenvalue weighted by molar-refractivity contribution is 0.0670. The molecule has 2 atom stereocenters. The fraction of sp³-hybridized carbons (Fsp3) is 0.778. The van der Waals surface area contributed by atoms with Crippen molar-refractivity contribution < 1.29 is 4.74 Å². The molecule has 0 amide bonds. The van der Waals surface area contributed by atoms with E-state index in [1.165, 1.54) is 30.8 Å². The van der Waals surface area contributed by atoms with Crippen LogP contribution >= 0.6 is 11.5 Å². The summed E-state index contributed by atoms with van der Waals surface area (Å²) in [5.41, 5.74) is 0. The molecule has 1 aliphatic rings. The van der Waals surface area contributed by atoms with Crippen LogP contribution in [0.4, 0.5) is 5.00 Å². The number of nitrogens with one attached hydrogen (secondary N) is 1. The highest BCUT2D eigenvalue weighted by Crippen LogP contribution is 2.24. The molecule has 4 nitrogen and oxygen atoms in total. The number of hydrogen-bond donors (Lipinski definition) is 1. The van der Waals surface area contributed by atoms with Gasteiger partial charge in [-0.15, -0.1) is 5.10 Å². The van der Waals surface area contributed by atoms with Gasteiger partial charge in [-0.25, -0.2) is 0 Å². The Hall–Kier alpha value is -0.680. The third-order valence-corrected chi connectivity index (χ3v) is 3.26. The number of methoxy groups -OCH3 is 1. The second kappa shape index (κ2) is 4.70. The summed E-state index contributed by atoms with van der Waals surface area (Å²) in [6.45, 7) is 0. The SMILES string of the molecule is COC1CCCC(Nc2cnns2)C1. The molecular formula is C9H15N3OS. The van der Waals surface area contributed by atoms with E-state index in [-0.39, 0.29) is 0 Å². The highest BCUT2D eigenvalue weighted by atomic mass is 32.1. The minimum absolute atomic E-state index is 0.419. The van der Waals surface area contributed by atoms with E-state index in [2.05, 4.69) is 14.9 Å². The minimum atomic E-state index is 0.419. The predicted molar refractivity (Wildman–Crippen MR) is 56.6 cm³/mol. The molecule has 0 aliphatic heterocycles. The molecule has 1 saturated carbocycles. The van der Waals surface area contributed by atoms with Crippen LogP contribution in [0.5, 0.6) is 0 Å². The van der Waals surface area contributed by atoms with Crippen LogP contribution in [0.3, 0.4) is 0 Å². The number of anilines is 1. The summed E-state index contributed by atoms with van der Waals surface area (Å²) < 4.78 is 9.20. The van der Waals surface area contributed by atoms with Crippen molar-refractivity contribution in [3.8, 4) is 0 Å². The molecule has 0 radical (unpaired) electrons. The van der Waals surface area contributed by atoms with Gasteiger partial charge in [0.1, 0.15) is 5.00 Å². The molecule has 0 spiro atoms. The molecular weight excluding hydrogens is 198 g/mol. The molecule has 0 saturated heterocycles. The zero-order chi connectivity index (χ0) is 9.80. The number of aromatic nitrogens is 2. The first-order chi connectivity index (χ1) is 6.88. The highest BCUT2D eigenvalue weighted by molar-refractivity contribution is 7.09. The van der Waals surface area contributed by atoms with E-state index in [1.807, 2.05) is 0 Å². The Morgan fingerprint density at radius 2 is 2.50 bits per heavy atom. The van der Waals surface area contributed by atoms with Crippen molar-refractivity contribution in [2.24, 2.45) is 0 Å². The average molecular weight is 213 g/mol. The summed E-state index contributed by atoms with van der Waals surface area (Å²) in [6.07, 6.45) is 6.94. The topological polar surface area (TPSA) is 47.0 Å². The summed E-state index contributed by atoms with van der Waals surface area (Å²) in [4.78, 5) is 0. The van der Waals surface area contributed by atoms with Gasteiger partial charge in [0.15, 0.2) is 0 Å². The van der Waals surface area contributed by atoms with Crippen LogP contribution < -0.4 is 5.32 Å². The first kappa shape index (κ1) is 9.86. The Bertz CT molecular complexity index is 265. The van der Waals surface area contributed by atoms with Gasteiger partial charge in [-0.05, 0) is 25.7 Å². The van der Waals surface area contributed by atoms with Crippen molar-refractivity contribution in [3.05, 3.63) is 6.20 Å². The highest BCUT2D eigenvalue weighted by Gasteiger charge is 2.21. The molecule has 0 aromatic carbocycles. The van der Waals surface area contributed by atoms with Crippen molar-refractivity contribution in [1.29, 1.82) is 0 Å². The molecule has 1 N–H and O–H groups in total. The van der Waals surface area contributed by atoms with Gasteiger partial charge in [0, 0.05) is 24.7 Å². The molecule has 5 heteroatoms. The monoisotopic (exact) mass is 213 g/mol. The van der Waals surface area contributed by atoms with Crippen molar-refractivity contribution >= 4 is 16.5 Å². The molecule has 1 fully saturated rings. The van der Waals surface area contributed by atoms with Crippen LogP contribution in [0.1, 0.15) is 25.7 Å². The van der Waals surface area contributed by atoms with Gasteiger partial charge in [-0.2, -0.15) is 0 Å². The summed E-state index contributed by atoms with van der Waals surface area (Å²) in [6, 6.07) is 0.524. The van der Waals surface area contributed by atoms with Gasteiger partial charge < -0.3 is 10.1 Å². The number of hydrogen-bond acceptors (Lipinski definition) is 5. The maximum atomic E-state index is 5.37. The van der Waals surface area contributed by atoms with Crippen LogP contribution in [0.15, 0.2) is 6.20 Å². The van der Waals surface area contributed by atoms with Gasteiger partial charge in [-0.3, -0.25) is 0 Å². The van der Waals surface area contributed by atoms with E-state index in [0.29, 0.717) is 12.1 Å². The van der Waals surface area contributed by atoms with Crippen LogP contribution in [0, 0.1) is 0 Å². The maximum absolute atomic E-state index is 5.37. The number of nitrogens with zero attached hydrogens (tertiary/aromatic N) is 2. The number of rotatable bonds is 3. The normalized spacial score (nSPS) is 27.5. The molecule has 1 aliphatic carbocycles. The zero-order valence-corrected chi connectivity index (χ0v) is 9.09. The Labute approximate surface area is 87.8 Å². The van der Waals surface area contributed by atoms with Crippen LogP contribution in [-0.2, 0) is 4.74 Å². The summed E-state index contributed by atoms with van der Waals surface area (Å²) in [5.74, 6) is 0. The van der Waals surface area contributed by atoms with E-state index in [9.17, 15) is 0 Å². The van der Waals surface area contributed by atoms with Crippen LogP contribution in [0.25, 0.3) is 0 Å². The van der Waals surface area contributed by atoms with Gasteiger partial charge in [0.2, 0.25) is 0 Å². The fourth-order valence-corrected chi connectivity index (χ4v) is 2.42. The lowest BCUT2D eigenvalue weighted by Crippen LogP contribution is -2.30. The van der Waals surface area contributed by atoms with E-state index in [0.717, 1.165) is 11.4 Å². The summed E-state index contributed by atoms with van der Waals surface area (Å²) >= 11 is 1.41. The van der Waals surface area contributed by atoms with Crippen molar-refractivity contribution in [1.82, 2.24) is 9.59 Å². The predicted octanol–water partition coefficient (Wildman–Crippen LogP) is 1.91.